The predicted octanol–water partition coefficient (Wildman–Crippen LogP) is 3.37. The molecule has 1 heterocycles. The highest BCUT2D eigenvalue weighted by molar-refractivity contribution is 6.30. The van der Waals surface area contributed by atoms with Crippen LogP contribution >= 0.6 is 11.6 Å². The molecule has 22 heavy (non-hydrogen) atoms. The lowest BCUT2D eigenvalue weighted by atomic mass is 9.84. The molecule has 0 saturated carbocycles. The molecule has 1 aliphatic rings. The zero-order chi connectivity index (χ0) is 16.3. The molecule has 1 N–H and O–H groups in total. The van der Waals surface area contributed by atoms with Gasteiger partial charge in [0.05, 0.1) is 6.42 Å². The van der Waals surface area contributed by atoms with Gasteiger partial charge in [0.1, 0.15) is 0 Å². The molecule has 2 rings (SSSR count). The first kappa shape index (κ1) is 16.8. The van der Waals surface area contributed by atoms with E-state index in [9.17, 15) is 9.59 Å². The number of likely N-dealkylation sites (tertiary alicyclic amines) is 1. The molecule has 1 atom stereocenters. The Kier molecular flexibility index (Phi) is 5.12. The molecule has 1 amide bonds. The van der Waals surface area contributed by atoms with Crippen molar-refractivity contribution in [3.05, 3.63) is 34.9 Å². The van der Waals surface area contributed by atoms with E-state index in [1.165, 1.54) is 0 Å². The molecule has 1 saturated heterocycles. The quantitative estimate of drug-likeness (QED) is 0.903. The predicted molar refractivity (Wildman–Crippen MR) is 85.9 cm³/mol. The monoisotopic (exact) mass is 323 g/mol. The van der Waals surface area contributed by atoms with Gasteiger partial charge < -0.3 is 10.0 Å². The van der Waals surface area contributed by atoms with Crippen molar-refractivity contribution in [2.24, 2.45) is 5.41 Å². The summed E-state index contributed by atoms with van der Waals surface area (Å²) < 4.78 is 0. The fraction of sp³-hybridized carbons (Fsp3) is 0.529. The topological polar surface area (TPSA) is 57.6 Å². The Morgan fingerprint density at radius 3 is 2.77 bits per heavy atom. The first-order chi connectivity index (χ1) is 10.3. The largest absolute Gasteiger partial charge is 0.481 e. The van der Waals surface area contributed by atoms with Gasteiger partial charge >= 0.3 is 5.97 Å². The third kappa shape index (κ3) is 4.01. The van der Waals surface area contributed by atoms with E-state index < -0.39 is 11.4 Å². The van der Waals surface area contributed by atoms with E-state index in [4.69, 9.17) is 16.7 Å². The van der Waals surface area contributed by atoms with Gasteiger partial charge in [-0.1, -0.05) is 37.6 Å². The van der Waals surface area contributed by atoms with Crippen LogP contribution in [0.15, 0.2) is 24.3 Å². The van der Waals surface area contributed by atoms with Crippen LogP contribution in [0.4, 0.5) is 0 Å². The first-order valence-corrected chi connectivity index (χ1v) is 7.95. The molecule has 5 heteroatoms. The maximum Gasteiger partial charge on any atom is 0.305 e. The summed E-state index contributed by atoms with van der Waals surface area (Å²) in [6.07, 6.45) is 2.25. The summed E-state index contributed by atoms with van der Waals surface area (Å²) in [5.74, 6) is -0.825. The van der Waals surface area contributed by atoms with E-state index in [1.54, 1.807) is 4.90 Å². The number of halogens is 1. The Morgan fingerprint density at radius 1 is 1.41 bits per heavy atom. The fourth-order valence-corrected chi connectivity index (χ4v) is 3.35. The van der Waals surface area contributed by atoms with E-state index in [2.05, 4.69) is 0 Å². The van der Waals surface area contributed by atoms with Crippen LogP contribution in [-0.4, -0.2) is 34.5 Å². The summed E-state index contributed by atoms with van der Waals surface area (Å²) in [5.41, 5.74) is 0.436. The number of carbonyl (C=O) groups is 2. The second-order valence-electron chi connectivity index (χ2n) is 6.58. The second kappa shape index (κ2) is 6.69. The van der Waals surface area contributed by atoms with Crippen LogP contribution in [0.25, 0.3) is 0 Å². The van der Waals surface area contributed by atoms with Gasteiger partial charge in [0.2, 0.25) is 5.91 Å². The summed E-state index contributed by atoms with van der Waals surface area (Å²) >= 11 is 6.00. The number of benzene rings is 1. The summed E-state index contributed by atoms with van der Waals surface area (Å²) in [5, 5.41) is 9.65. The van der Waals surface area contributed by atoms with Gasteiger partial charge in [-0.05, 0) is 37.0 Å². The third-order valence-corrected chi connectivity index (χ3v) is 4.40. The van der Waals surface area contributed by atoms with Crippen molar-refractivity contribution in [2.75, 3.05) is 6.54 Å². The fourth-order valence-electron chi connectivity index (χ4n) is 3.14. The van der Waals surface area contributed by atoms with Crippen molar-refractivity contribution in [2.45, 2.75) is 45.6 Å². The average molecular weight is 324 g/mol. The highest BCUT2D eigenvalue weighted by atomic mass is 35.5. The van der Waals surface area contributed by atoms with Gasteiger partial charge in [-0.2, -0.15) is 0 Å². The molecule has 0 spiro atoms. The van der Waals surface area contributed by atoms with E-state index >= 15 is 0 Å². The molecular weight excluding hydrogens is 302 g/mol. The normalized spacial score (nSPS) is 18.5. The lowest BCUT2D eigenvalue weighted by Crippen LogP contribution is -2.45. The standard InChI is InChI=1S/C17H22ClNO3/c1-17(2,11-12-5-3-6-13(18)9-12)16(22)19-8-4-7-14(19)10-15(20)21/h3,5-6,9,14H,4,7-8,10-11H2,1-2H3,(H,20,21). The van der Waals surface area contributed by atoms with Crippen LogP contribution in [0, 0.1) is 5.41 Å². The van der Waals surface area contributed by atoms with Crippen LogP contribution in [0.5, 0.6) is 0 Å². The lowest BCUT2D eigenvalue weighted by Gasteiger charge is -2.33. The Labute approximate surface area is 136 Å². The zero-order valence-electron chi connectivity index (χ0n) is 13.0. The van der Waals surface area contributed by atoms with E-state index in [1.807, 2.05) is 38.1 Å². The molecule has 0 aliphatic carbocycles. The SMILES string of the molecule is CC(C)(Cc1cccc(Cl)c1)C(=O)N1CCCC1CC(=O)O. The average Bonchev–Trinajstić information content (AvgIpc) is 2.84. The van der Waals surface area contributed by atoms with Crippen LogP contribution in [0.2, 0.25) is 5.02 Å². The van der Waals surface area contributed by atoms with E-state index in [0.29, 0.717) is 18.0 Å². The zero-order valence-corrected chi connectivity index (χ0v) is 13.8. The van der Waals surface area contributed by atoms with E-state index in [0.717, 1.165) is 18.4 Å². The van der Waals surface area contributed by atoms with Crippen molar-refractivity contribution >= 4 is 23.5 Å². The van der Waals surface area contributed by atoms with Crippen LogP contribution in [0.3, 0.4) is 0 Å². The molecule has 1 unspecified atom stereocenters. The summed E-state index contributed by atoms with van der Waals surface area (Å²) in [6.45, 7) is 4.47. The molecule has 0 radical (unpaired) electrons. The van der Waals surface area contributed by atoms with Gasteiger partial charge in [-0.25, -0.2) is 0 Å². The molecule has 1 aliphatic heterocycles. The first-order valence-electron chi connectivity index (χ1n) is 7.57. The molecule has 0 aromatic heterocycles. The number of hydrogen-bond acceptors (Lipinski definition) is 2. The molecule has 4 nitrogen and oxygen atoms in total. The number of rotatable bonds is 5. The summed E-state index contributed by atoms with van der Waals surface area (Å²) in [4.78, 5) is 25.5. The Balaban J connectivity index is 2.10. The number of carboxylic acid groups (broad SMARTS) is 1. The van der Waals surface area contributed by atoms with Gasteiger partial charge in [-0.3, -0.25) is 9.59 Å². The highest BCUT2D eigenvalue weighted by Crippen LogP contribution is 2.30. The number of hydrogen-bond donors (Lipinski definition) is 1. The molecule has 1 aromatic rings. The number of nitrogens with zero attached hydrogens (tertiary/aromatic N) is 1. The van der Waals surface area contributed by atoms with Crippen LogP contribution < -0.4 is 0 Å². The van der Waals surface area contributed by atoms with Crippen molar-refractivity contribution in [3.63, 3.8) is 0 Å². The Hall–Kier alpha value is -1.55. The number of carbonyl (C=O) groups excluding carboxylic acids is 1. The van der Waals surface area contributed by atoms with Crippen LogP contribution in [-0.2, 0) is 16.0 Å². The molecule has 1 fully saturated rings. The summed E-state index contributed by atoms with van der Waals surface area (Å²) in [6, 6.07) is 7.34. The number of aliphatic carboxylic acids is 1. The van der Waals surface area contributed by atoms with Crippen molar-refractivity contribution in [3.8, 4) is 0 Å². The minimum absolute atomic E-state index is 0.0243. The van der Waals surface area contributed by atoms with Gasteiger partial charge in [0, 0.05) is 23.0 Å². The second-order valence-corrected chi connectivity index (χ2v) is 7.02. The molecule has 120 valence electrons. The smallest absolute Gasteiger partial charge is 0.305 e. The number of amides is 1. The highest BCUT2D eigenvalue weighted by Gasteiger charge is 2.38. The van der Waals surface area contributed by atoms with Gasteiger partial charge in [0.25, 0.3) is 0 Å². The maximum absolute atomic E-state index is 12.8. The Bertz CT molecular complexity index is 571. The van der Waals surface area contributed by atoms with Gasteiger partial charge in [-0.15, -0.1) is 0 Å². The minimum atomic E-state index is -0.850. The molecular formula is C17H22ClNO3. The Morgan fingerprint density at radius 2 is 2.14 bits per heavy atom. The lowest BCUT2D eigenvalue weighted by molar-refractivity contribution is -0.144. The number of carboxylic acids is 1. The van der Waals surface area contributed by atoms with E-state index in [-0.39, 0.29) is 18.4 Å². The summed E-state index contributed by atoms with van der Waals surface area (Å²) in [7, 11) is 0. The van der Waals surface area contributed by atoms with Gasteiger partial charge in [0.15, 0.2) is 0 Å². The van der Waals surface area contributed by atoms with Crippen molar-refractivity contribution in [1.82, 2.24) is 4.90 Å². The van der Waals surface area contributed by atoms with Crippen molar-refractivity contribution < 1.29 is 14.7 Å². The molecule has 1 aromatic carbocycles. The van der Waals surface area contributed by atoms with Crippen LogP contribution in [0.1, 0.15) is 38.7 Å². The maximum atomic E-state index is 12.8. The molecule has 0 bridgehead atoms. The van der Waals surface area contributed by atoms with Crippen molar-refractivity contribution in [1.29, 1.82) is 0 Å². The minimum Gasteiger partial charge on any atom is -0.481 e. The third-order valence-electron chi connectivity index (χ3n) is 4.16.